The van der Waals surface area contributed by atoms with Gasteiger partial charge in [-0.25, -0.2) is 14.4 Å². The maximum atomic E-state index is 15.5. The summed E-state index contributed by atoms with van der Waals surface area (Å²) in [4.78, 5) is 186. The zero-order valence-electron chi connectivity index (χ0n) is 73.6. The molecule has 0 fully saturated rings. The van der Waals surface area contributed by atoms with Crippen molar-refractivity contribution in [1.29, 1.82) is 0 Å². The number of aryl methyl sites for hydroxylation is 2. The van der Waals surface area contributed by atoms with Crippen LogP contribution in [0.5, 0.6) is 0 Å². The van der Waals surface area contributed by atoms with Crippen LogP contribution in [0.2, 0.25) is 10.0 Å². The second kappa shape index (κ2) is 62.6. The van der Waals surface area contributed by atoms with Crippen LogP contribution in [-0.2, 0) is 99.7 Å². The Morgan fingerprint density at radius 3 is 1.22 bits per heavy atom. The summed E-state index contributed by atoms with van der Waals surface area (Å²) in [6.45, 7) is 1.88. The molecule has 0 saturated heterocycles. The van der Waals surface area contributed by atoms with Gasteiger partial charge in [0, 0.05) is 165 Å². The number of carbonyl (C=O) groups is 13. The first-order chi connectivity index (χ1) is 62.4. The van der Waals surface area contributed by atoms with Crippen molar-refractivity contribution in [2.75, 3.05) is 111 Å². The predicted molar refractivity (Wildman–Crippen MR) is 500 cm³/mol. The number of H-pyrrole nitrogens is 1. The molecule has 0 aliphatic carbocycles. The fraction of sp³-hybridized carbons (Fsp3) is 0.505. The third-order valence-electron chi connectivity index (χ3n) is 21.1. The van der Waals surface area contributed by atoms with Crippen LogP contribution >= 0.6 is 45.8 Å². The van der Waals surface area contributed by atoms with Crippen LogP contribution in [0.15, 0.2) is 127 Å². The van der Waals surface area contributed by atoms with E-state index < -0.39 is 102 Å². The first-order valence-corrected chi connectivity index (χ1v) is 45.9. The summed E-state index contributed by atoms with van der Waals surface area (Å²) < 4.78 is 22.8. The molecule has 0 aliphatic heterocycles. The van der Waals surface area contributed by atoms with Crippen molar-refractivity contribution in [2.45, 2.75) is 180 Å². The molecule has 0 aliphatic rings. The molecule has 35 nitrogen and oxygen atoms in total. The lowest BCUT2D eigenvalue weighted by Gasteiger charge is -2.35. The number of nitrogens with zero attached hydrogens (tertiary/aromatic N) is 2. The maximum absolute atomic E-state index is 15.5. The number of ketones is 1. The minimum atomic E-state index is -1.16. The Morgan fingerprint density at radius 1 is 0.411 bits per heavy atom. The molecule has 0 saturated carbocycles. The van der Waals surface area contributed by atoms with Gasteiger partial charge in [-0.05, 0) is 180 Å². The van der Waals surface area contributed by atoms with Crippen LogP contribution < -0.4 is 81.4 Å². The lowest BCUT2D eigenvalue weighted by molar-refractivity contribution is -0.148. The highest BCUT2D eigenvalue weighted by Crippen LogP contribution is 2.23. The Kier molecular flexibility index (Phi) is 52.0. The van der Waals surface area contributed by atoms with Gasteiger partial charge in [-0.15, -0.1) is 0 Å². The summed E-state index contributed by atoms with van der Waals surface area (Å²) in [7, 11) is 0. The highest BCUT2D eigenvalue weighted by atomic mass is 127. The Bertz CT molecular complexity index is 4250. The van der Waals surface area contributed by atoms with E-state index in [1.165, 1.54) is 0 Å². The van der Waals surface area contributed by atoms with Crippen molar-refractivity contribution < 1.29 is 81.3 Å². The summed E-state index contributed by atoms with van der Waals surface area (Å²) in [6.07, 6.45) is 1.88. The summed E-state index contributed by atoms with van der Waals surface area (Å²) in [6, 6.07) is 33.8. The van der Waals surface area contributed by atoms with Gasteiger partial charge in [0.25, 0.3) is 0 Å². The van der Waals surface area contributed by atoms with Gasteiger partial charge < -0.3 is 110 Å². The molecular formula is C91H129Cl2IN18O17. The lowest BCUT2D eigenvalue weighted by Crippen LogP contribution is -2.52. The molecule has 0 bridgehead atoms. The van der Waals surface area contributed by atoms with Crippen molar-refractivity contribution in [3.8, 4) is 0 Å². The second-order valence-corrected chi connectivity index (χ2v) is 33.0. The number of rotatable bonds is 64. The molecule has 38 heteroatoms. The number of hydrogen-bond acceptors (Lipinski definition) is 23. The monoisotopic (exact) mass is 1940 g/mol. The molecule has 6 rings (SSSR count). The number of Topliss-reactive ketones (excluding diaryl/α,β-unsaturated/α-hetero) is 1. The number of benzene rings is 5. The number of alkyl carbamates (subject to hydrolysis) is 3. The highest BCUT2D eigenvalue weighted by molar-refractivity contribution is 14.1. The maximum Gasteiger partial charge on any atom is 0.408 e. The number of aromatic nitrogens is 1. The SMILES string of the molecule is Cc1ccccc1COC(=O)N[C@H](CCCCN)C(=O)NCCNC(=O)CCN(CCC(=O)NCCNC(=O)[C@H](CCCCN)NC(=O)OCc1ccccc1I)C[C@@H](C(=O)CCc1cc2ccccc2[nH]1)N(CCC(=O)NCCNC(=O)[C@H](CCCCN)CC(=O)OCc1ccccc1Cl)CCC(=O)NCCNC(=O)[C@H](CCCCN)NC(=O)OCc1ccccc1Cl. The normalized spacial score (nSPS) is 12.3. The molecule has 5 aromatic carbocycles. The van der Waals surface area contributed by atoms with E-state index in [-0.39, 0.29) is 182 Å². The quantitative estimate of drug-likeness (QED) is 0.00838. The van der Waals surface area contributed by atoms with Gasteiger partial charge in [-0.2, -0.15) is 0 Å². The number of unbranched alkanes of at least 4 members (excludes halogenated alkanes) is 4. The molecule has 11 amide bonds. The molecule has 0 unspecified atom stereocenters. The number of fused-ring (bicyclic) bond motifs is 1. The van der Waals surface area contributed by atoms with E-state index in [9.17, 15) is 57.5 Å². The van der Waals surface area contributed by atoms with Crippen molar-refractivity contribution >= 4 is 134 Å². The molecule has 706 valence electrons. The third-order valence-corrected chi connectivity index (χ3v) is 22.9. The van der Waals surface area contributed by atoms with E-state index in [2.05, 4.69) is 86.1 Å². The Balaban J connectivity index is 1.24. The minimum absolute atomic E-state index is 0.0258. The van der Waals surface area contributed by atoms with Crippen LogP contribution in [0.4, 0.5) is 14.4 Å². The topological polar surface area (TPSA) is 518 Å². The minimum Gasteiger partial charge on any atom is -0.461 e. The molecule has 6 aromatic rings. The van der Waals surface area contributed by atoms with Gasteiger partial charge >= 0.3 is 24.2 Å². The number of nitrogens with two attached hydrogens (primary N) is 4. The number of aromatic amines is 1. The number of halogens is 3. The molecule has 5 atom stereocenters. The van der Waals surface area contributed by atoms with E-state index in [0.29, 0.717) is 105 Å². The standard InChI is InChI=1S/C91H129Cl2IN18O17/c1-63-20-2-3-23-66(63)59-127-89(123)108-75(31-13-17-41-96)86(120)104-49-45-99-80(114)36-52-111(53-37-81(115)100-46-50-105-88(122)77(33-15-19-43-98)110-91(125)129-62-69-26-6-10-29-73(69)94)58-78(79(113)35-34-70-56-64-21-7-11-30-74(64)107-70)112(54-38-82(116)101-44-48-103-85(119)65(22-12-16-40-95)57-84(118)126-60-67-24-4-8-27-71(67)92)55-39-83(117)102-47-51-106-87(121)76(32-14-18-42-97)109-90(124)128-61-68-25-5-9-28-72(68)93/h2-11,20-21,23-30,56,65,75-78,107H,12-19,22,31-55,57-62,95-98H2,1H3,(H,99,114)(H,100,115)(H,101,116)(H,102,117)(H,103,119)(H,104,120)(H,105,122)(H,106,121)(H,108,123)(H,109,124)(H,110,125)/t65-,75-,76+,77+,78+/m1/s1. The van der Waals surface area contributed by atoms with Crippen molar-refractivity contribution in [3.63, 3.8) is 0 Å². The fourth-order valence-electron chi connectivity index (χ4n) is 13.7. The van der Waals surface area contributed by atoms with Gasteiger partial charge in [0.2, 0.25) is 47.3 Å². The smallest absolute Gasteiger partial charge is 0.408 e. The van der Waals surface area contributed by atoms with Crippen LogP contribution in [0, 0.1) is 16.4 Å². The molecular weight excluding hydrogens is 1810 g/mol. The number of amides is 11. The van der Waals surface area contributed by atoms with Crippen LogP contribution in [0.1, 0.15) is 149 Å². The molecule has 20 N–H and O–H groups in total. The first-order valence-electron chi connectivity index (χ1n) is 44.1. The van der Waals surface area contributed by atoms with E-state index in [1.54, 1.807) is 58.3 Å². The summed E-state index contributed by atoms with van der Waals surface area (Å²) in [5.74, 6) is -5.79. The average Bonchev–Trinajstić information content (AvgIpc) is 1.74. The van der Waals surface area contributed by atoms with E-state index in [1.807, 2.05) is 85.8 Å². The molecule has 1 heterocycles. The summed E-state index contributed by atoms with van der Waals surface area (Å²) >= 11 is 14.7. The van der Waals surface area contributed by atoms with Gasteiger partial charge in [0.1, 0.15) is 44.6 Å². The zero-order valence-corrected chi connectivity index (χ0v) is 77.2. The van der Waals surface area contributed by atoms with Gasteiger partial charge in [0.05, 0.1) is 12.5 Å². The highest BCUT2D eigenvalue weighted by Gasteiger charge is 2.32. The summed E-state index contributed by atoms with van der Waals surface area (Å²) in [5, 5.41) is 32.1. The van der Waals surface area contributed by atoms with Crippen molar-refractivity contribution in [2.24, 2.45) is 28.9 Å². The molecule has 1 aromatic heterocycles. The lowest BCUT2D eigenvalue weighted by atomic mass is 9.97. The molecule has 129 heavy (non-hydrogen) atoms. The fourth-order valence-corrected chi connectivity index (χ4v) is 14.6. The Morgan fingerprint density at radius 2 is 0.783 bits per heavy atom. The van der Waals surface area contributed by atoms with Crippen LogP contribution in [0.25, 0.3) is 10.9 Å². The Labute approximate surface area is 777 Å². The first kappa shape index (κ1) is 107. The van der Waals surface area contributed by atoms with Gasteiger partial charge in [0.15, 0.2) is 5.78 Å². The predicted octanol–water partition coefficient (Wildman–Crippen LogP) is 6.50. The van der Waals surface area contributed by atoms with Gasteiger partial charge in [-0.3, -0.25) is 52.8 Å². The number of nitrogens with one attached hydrogen (secondary N) is 12. The largest absolute Gasteiger partial charge is 0.461 e. The molecule has 0 radical (unpaired) electrons. The van der Waals surface area contributed by atoms with Crippen molar-refractivity contribution in [3.05, 3.63) is 175 Å². The van der Waals surface area contributed by atoms with E-state index in [4.69, 9.17) is 65.1 Å². The number of hydrogen-bond donors (Lipinski definition) is 16. The average molecular weight is 1940 g/mol. The van der Waals surface area contributed by atoms with Crippen LogP contribution in [0.3, 0.4) is 0 Å². The number of para-hydroxylation sites is 1. The number of carbonyl (C=O) groups excluding carboxylic acids is 13. The van der Waals surface area contributed by atoms with Gasteiger partial charge in [-0.1, -0.05) is 127 Å². The van der Waals surface area contributed by atoms with Crippen LogP contribution in [-0.4, -0.2) is 228 Å². The van der Waals surface area contributed by atoms with E-state index >= 15 is 4.79 Å². The molecule has 0 spiro atoms. The Hall–Kier alpha value is -10.6. The van der Waals surface area contributed by atoms with Crippen molar-refractivity contribution in [1.82, 2.24) is 73.3 Å². The second-order valence-electron chi connectivity index (χ2n) is 31.0. The number of esters is 1. The number of ether oxygens (including phenoxy) is 4. The zero-order chi connectivity index (χ0) is 93.3. The van der Waals surface area contributed by atoms with E-state index in [0.717, 1.165) is 36.9 Å². The summed E-state index contributed by atoms with van der Waals surface area (Å²) in [5.41, 5.74) is 28.3. The third kappa shape index (κ3) is 43.6.